The Bertz CT molecular complexity index is 772. The van der Waals surface area contributed by atoms with Crippen LogP contribution in [0.4, 0.5) is 0 Å². The molecule has 0 aromatic heterocycles. The van der Waals surface area contributed by atoms with Crippen LogP contribution in [-0.4, -0.2) is 35.1 Å². The molecule has 2 aromatic rings. The number of benzene rings is 2. The minimum absolute atomic E-state index is 0.377. The van der Waals surface area contributed by atoms with Crippen molar-refractivity contribution in [2.75, 3.05) is 19.8 Å². The van der Waals surface area contributed by atoms with E-state index in [1.54, 1.807) is 0 Å². The Labute approximate surface area is 175 Å². The van der Waals surface area contributed by atoms with E-state index >= 15 is 0 Å². The smallest absolute Gasteiger partial charge is 0.136 e. The molecule has 0 radical (unpaired) electrons. The van der Waals surface area contributed by atoms with Gasteiger partial charge in [-0.1, -0.05) is 58.0 Å². The van der Waals surface area contributed by atoms with Gasteiger partial charge >= 0.3 is 0 Å². The summed E-state index contributed by atoms with van der Waals surface area (Å²) < 4.78 is 6.50. The summed E-state index contributed by atoms with van der Waals surface area (Å²) in [5, 5.41) is 30.5. The Kier molecular flexibility index (Phi) is 8.69. The number of aryl methyl sites for hydroxylation is 4. The molecule has 1 unspecified atom stereocenters. The van der Waals surface area contributed by atoms with Crippen LogP contribution < -0.4 is 4.74 Å². The topological polar surface area (TPSA) is 69.9 Å². The Morgan fingerprint density at radius 2 is 1.24 bits per heavy atom. The summed E-state index contributed by atoms with van der Waals surface area (Å²) in [6.45, 7) is 7.27. The fourth-order valence-corrected chi connectivity index (χ4v) is 3.73. The predicted octanol–water partition coefficient (Wildman–Crippen LogP) is 4.02. The van der Waals surface area contributed by atoms with E-state index < -0.39 is 11.5 Å². The minimum Gasteiger partial charge on any atom is -0.485 e. The van der Waals surface area contributed by atoms with Gasteiger partial charge in [0.15, 0.2) is 0 Å². The molecule has 0 amide bonds. The van der Waals surface area contributed by atoms with E-state index in [2.05, 4.69) is 45.9 Å². The van der Waals surface area contributed by atoms with Gasteiger partial charge in [-0.05, 0) is 59.6 Å². The molecule has 29 heavy (non-hydrogen) atoms. The first-order chi connectivity index (χ1) is 14.0. The van der Waals surface area contributed by atoms with E-state index in [1.165, 1.54) is 11.1 Å². The highest BCUT2D eigenvalue weighted by Gasteiger charge is 2.42. The van der Waals surface area contributed by atoms with Crippen molar-refractivity contribution in [1.29, 1.82) is 0 Å². The lowest BCUT2D eigenvalue weighted by Gasteiger charge is -2.38. The van der Waals surface area contributed by atoms with Crippen molar-refractivity contribution in [3.63, 3.8) is 0 Å². The van der Waals surface area contributed by atoms with Gasteiger partial charge in [-0.15, -0.1) is 0 Å². The number of aliphatic hydroxyl groups is 3. The quantitative estimate of drug-likeness (QED) is 0.533. The molecular weight excluding hydrogens is 364 g/mol. The van der Waals surface area contributed by atoms with Gasteiger partial charge in [0.2, 0.25) is 0 Å². The number of aliphatic hydroxyl groups excluding tert-OH is 3. The molecule has 0 saturated heterocycles. The van der Waals surface area contributed by atoms with Crippen LogP contribution in [0.1, 0.15) is 61.6 Å². The van der Waals surface area contributed by atoms with Crippen molar-refractivity contribution in [1.82, 2.24) is 0 Å². The molecule has 1 atom stereocenters. The SMILES string of the molecule is CCc1ccc(OC(c2ccc(CC)cc2CC)C(CO)(CO)CO)c(CC)c1. The maximum absolute atomic E-state index is 10.2. The summed E-state index contributed by atoms with van der Waals surface area (Å²) in [4.78, 5) is 0. The predicted molar refractivity (Wildman–Crippen MR) is 117 cm³/mol. The van der Waals surface area contributed by atoms with Crippen LogP contribution in [0.2, 0.25) is 0 Å². The molecule has 0 aliphatic carbocycles. The summed E-state index contributed by atoms with van der Waals surface area (Å²) in [5.74, 6) is 0.732. The Balaban J connectivity index is 2.61. The number of hydrogen-bond acceptors (Lipinski definition) is 4. The molecule has 0 saturated carbocycles. The van der Waals surface area contributed by atoms with Crippen LogP contribution in [0.25, 0.3) is 0 Å². The molecule has 0 aliphatic heterocycles. The number of ether oxygens (including phenoxy) is 1. The molecule has 0 aliphatic rings. The van der Waals surface area contributed by atoms with Gasteiger partial charge in [-0.3, -0.25) is 0 Å². The van der Waals surface area contributed by atoms with E-state index in [9.17, 15) is 15.3 Å². The highest BCUT2D eigenvalue weighted by atomic mass is 16.5. The van der Waals surface area contributed by atoms with Gasteiger partial charge in [0.05, 0.1) is 25.2 Å². The molecule has 4 heteroatoms. The third-order valence-corrected chi connectivity index (χ3v) is 5.94. The van der Waals surface area contributed by atoms with Gasteiger partial charge in [-0.2, -0.15) is 0 Å². The monoisotopic (exact) mass is 400 g/mol. The van der Waals surface area contributed by atoms with Gasteiger partial charge in [0, 0.05) is 0 Å². The average Bonchev–Trinajstić information content (AvgIpc) is 2.79. The molecule has 2 aromatic carbocycles. The first kappa shape index (κ1) is 23.4. The zero-order valence-electron chi connectivity index (χ0n) is 18.2. The molecular formula is C25H36O4. The van der Waals surface area contributed by atoms with Gasteiger partial charge in [0.1, 0.15) is 11.9 Å². The normalized spacial score (nSPS) is 12.8. The summed E-state index contributed by atoms with van der Waals surface area (Å²) >= 11 is 0. The van der Waals surface area contributed by atoms with E-state index in [-0.39, 0.29) is 19.8 Å². The molecule has 4 nitrogen and oxygen atoms in total. The standard InChI is InChI=1S/C25H36O4/c1-5-18-9-11-22(20(7-3)13-18)24(25(15-26,16-27)17-28)29-23-12-10-19(6-2)14-21(23)8-4/h9-14,24,26-28H,5-8,15-17H2,1-4H3. The highest BCUT2D eigenvalue weighted by Crippen LogP contribution is 2.40. The van der Waals surface area contributed by atoms with Gasteiger partial charge in [0.25, 0.3) is 0 Å². The Morgan fingerprint density at radius 1 is 0.724 bits per heavy atom. The average molecular weight is 401 g/mol. The maximum Gasteiger partial charge on any atom is 0.136 e. The third kappa shape index (κ3) is 5.00. The Hall–Kier alpha value is -1.88. The highest BCUT2D eigenvalue weighted by molar-refractivity contribution is 5.40. The lowest BCUT2D eigenvalue weighted by Crippen LogP contribution is -2.43. The van der Waals surface area contributed by atoms with Crippen molar-refractivity contribution in [2.24, 2.45) is 5.41 Å². The van der Waals surface area contributed by atoms with Crippen molar-refractivity contribution in [2.45, 2.75) is 59.5 Å². The van der Waals surface area contributed by atoms with E-state index in [0.717, 1.165) is 48.1 Å². The Morgan fingerprint density at radius 3 is 1.72 bits per heavy atom. The van der Waals surface area contributed by atoms with Crippen LogP contribution in [-0.2, 0) is 25.7 Å². The summed E-state index contributed by atoms with van der Waals surface area (Å²) in [5.41, 5.74) is 4.38. The second-order valence-corrected chi connectivity index (χ2v) is 7.72. The summed E-state index contributed by atoms with van der Waals surface area (Å²) in [6, 6.07) is 12.4. The molecule has 3 N–H and O–H groups in total. The minimum atomic E-state index is -1.19. The van der Waals surface area contributed by atoms with Crippen molar-refractivity contribution >= 4 is 0 Å². The molecule has 0 spiro atoms. The van der Waals surface area contributed by atoms with Crippen LogP contribution in [0.15, 0.2) is 36.4 Å². The van der Waals surface area contributed by atoms with Crippen molar-refractivity contribution in [3.05, 3.63) is 64.2 Å². The lowest BCUT2D eigenvalue weighted by molar-refractivity contribution is -0.0747. The second-order valence-electron chi connectivity index (χ2n) is 7.72. The lowest BCUT2D eigenvalue weighted by atomic mass is 9.78. The van der Waals surface area contributed by atoms with Crippen LogP contribution in [0, 0.1) is 5.41 Å². The summed E-state index contributed by atoms with van der Waals surface area (Å²) in [6.07, 6.45) is 2.83. The van der Waals surface area contributed by atoms with Crippen LogP contribution in [0.3, 0.4) is 0 Å². The maximum atomic E-state index is 10.2. The van der Waals surface area contributed by atoms with E-state index in [4.69, 9.17) is 4.74 Å². The molecule has 0 bridgehead atoms. The zero-order chi connectivity index (χ0) is 21.4. The van der Waals surface area contributed by atoms with Crippen LogP contribution in [0.5, 0.6) is 5.75 Å². The largest absolute Gasteiger partial charge is 0.485 e. The third-order valence-electron chi connectivity index (χ3n) is 5.94. The fourth-order valence-electron chi connectivity index (χ4n) is 3.73. The van der Waals surface area contributed by atoms with Crippen molar-refractivity contribution < 1.29 is 20.1 Å². The fraction of sp³-hybridized carbons (Fsp3) is 0.520. The van der Waals surface area contributed by atoms with E-state index in [0.29, 0.717) is 0 Å². The second kappa shape index (κ2) is 10.8. The number of hydrogen-bond donors (Lipinski definition) is 3. The molecule has 160 valence electrons. The van der Waals surface area contributed by atoms with Crippen molar-refractivity contribution in [3.8, 4) is 5.75 Å². The van der Waals surface area contributed by atoms with E-state index in [1.807, 2.05) is 18.2 Å². The number of rotatable bonds is 11. The summed E-state index contributed by atoms with van der Waals surface area (Å²) in [7, 11) is 0. The van der Waals surface area contributed by atoms with Gasteiger partial charge < -0.3 is 20.1 Å². The first-order valence-corrected chi connectivity index (χ1v) is 10.7. The first-order valence-electron chi connectivity index (χ1n) is 10.7. The zero-order valence-corrected chi connectivity index (χ0v) is 18.2. The molecule has 0 fully saturated rings. The van der Waals surface area contributed by atoms with Crippen LogP contribution >= 0.6 is 0 Å². The van der Waals surface area contributed by atoms with Gasteiger partial charge in [-0.25, -0.2) is 0 Å². The molecule has 0 heterocycles. The molecule has 2 rings (SSSR count).